The topological polar surface area (TPSA) is 159 Å². The van der Waals surface area contributed by atoms with Crippen LogP contribution in [0, 0.1) is 0 Å². The van der Waals surface area contributed by atoms with Gasteiger partial charge in [0.15, 0.2) is 0 Å². The number of nitrogens with zero attached hydrogens (tertiary/aromatic N) is 4. The van der Waals surface area contributed by atoms with E-state index in [0.29, 0.717) is 0 Å². The number of halogens is 3. The molecule has 2 amide bonds. The largest absolute Gasteiger partial charge is 1.00 e. The Labute approximate surface area is 204 Å². The molecule has 170 valence electrons. The first-order valence-corrected chi connectivity index (χ1v) is 8.74. The maximum absolute atomic E-state index is 12.0. The zero-order valence-electron chi connectivity index (χ0n) is 18.0. The monoisotopic (exact) mass is 489 g/mol. The first-order chi connectivity index (χ1) is 14.5. The third-order valence-corrected chi connectivity index (χ3v) is 3.26. The molecule has 2 aromatic heterocycles. The van der Waals surface area contributed by atoms with Crippen molar-refractivity contribution in [1.82, 2.24) is 15.0 Å². The van der Waals surface area contributed by atoms with Crippen LogP contribution in [0.5, 0.6) is 11.8 Å². The third-order valence-electron chi connectivity index (χ3n) is 2.95. The second-order valence-corrected chi connectivity index (χ2v) is 5.55. The van der Waals surface area contributed by atoms with Gasteiger partial charge in [0.25, 0.3) is 0 Å². The SMILES string of the molecule is COC(=O)c1ccc(C(F)(F)F)nc1.COc1cc(OC)nc(NC(=O)N=S(=O)=O)n1.[H-].[Na+]. The average molecular weight is 489 g/mol. The molecule has 0 aliphatic rings. The van der Waals surface area contributed by atoms with Gasteiger partial charge in [-0.05, 0) is 12.1 Å². The minimum absolute atomic E-state index is 0. The average Bonchev–Trinajstić information content (AvgIpc) is 2.72. The van der Waals surface area contributed by atoms with Crippen LogP contribution in [0.3, 0.4) is 0 Å². The maximum atomic E-state index is 12.0. The van der Waals surface area contributed by atoms with E-state index in [1.807, 2.05) is 5.32 Å². The fourth-order valence-electron chi connectivity index (χ4n) is 1.66. The summed E-state index contributed by atoms with van der Waals surface area (Å²) in [6.07, 6.45) is -3.66. The van der Waals surface area contributed by atoms with E-state index in [4.69, 9.17) is 9.47 Å². The van der Waals surface area contributed by atoms with Crippen LogP contribution in [-0.2, 0) is 21.4 Å². The molecule has 2 aromatic rings. The summed E-state index contributed by atoms with van der Waals surface area (Å²) in [6.45, 7) is 0. The first-order valence-electron chi connectivity index (χ1n) is 7.70. The van der Waals surface area contributed by atoms with Crippen molar-refractivity contribution in [3.63, 3.8) is 0 Å². The molecule has 0 fully saturated rings. The van der Waals surface area contributed by atoms with Crippen molar-refractivity contribution in [2.24, 2.45) is 4.36 Å². The van der Waals surface area contributed by atoms with Crippen molar-refractivity contribution >= 4 is 28.4 Å². The van der Waals surface area contributed by atoms with E-state index in [0.717, 1.165) is 25.4 Å². The molecule has 0 saturated heterocycles. The predicted molar refractivity (Wildman–Crippen MR) is 97.2 cm³/mol. The molecule has 12 nitrogen and oxygen atoms in total. The van der Waals surface area contributed by atoms with Crippen molar-refractivity contribution in [3.8, 4) is 11.8 Å². The Bertz CT molecular complexity index is 1040. The standard InChI is InChI=1S/C8H6F3NO2.C7H8N4O5S.Na.H/c1-14-7(13)5-2-3-6(12-4-5)8(9,10)11;1-15-4-3-5(16-2)9-6(8-4)10-7(12)11-17(13)14;;/h2-4H,1H3;3H,1-2H3,(H,8,9,10,12);;/q;;+1;-1. The van der Waals surface area contributed by atoms with E-state index in [1.165, 1.54) is 20.3 Å². The summed E-state index contributed by atoms with van der Waals surface area (Å²) < 4.78 is 73.0. The van der Waals surface area contributed by atoms with Crippen LogP contribution in [0.2, 0.25) is 0 Å². The summed E-state index contributed by atoms with van der Waals surface area (Å²) in [6, 6.07) is 2.01. The van der Waals surface area contributed by atoms with Gasteiger partial charge in [0.1, 0.15) is 5.69 Å². The molecule has 17 heteroatoms. The van der Waals surface area contributed by atoms with E-state index in [9.17, 15) is 31.2 Å². The second-order valence-electron chi connectivity index (χ2n) is 4.94. The van der Waals surface area contributed by atoms with Gasteiger partial charge < -0.3 is 15.6 Å². The van der Waals surface area contributed by atoms with Crippen LogP contribution in [0.4, 0.5) is 23.9 Å². The summed E-state index contributed by atoms with van der Waals surface area (Å²) in [5.41, 5.74) is -1.05. The molecule has 0 bridgehead atoms. The van der Waals surface area contributed by atoms with Crippen molar-refractivity contribution in [1.29, 1.82) is 0 Å². The minimum Gasteiger partial charge on any atom is -1.00 e. The zero-order chi connectivity index (χ0) is 23.6. The molecule has 0 aliphatic carbocycles. The third kappa shape index (κ3) is 9.99. The Morgan fingerprint density at radius 2 is 1.66 bits per heavy atom. The number of ether oxygens (including phenoxy) is 3. The number of carbonyl (C=O) groups is 2. The Kier molecular flexibility index (Phi) is 12.4. The van der Waals surface area contributed by atoms with E-state index >= 15 is 0 Å². The Balaban J connectivity index is 0. The number of rotatable bonds is 4. The number of alkyl halides is 3. The molecule has 2 rings (SSSR count). The smallest absolute Gasteiger partial charge is 1.00 e. The number of hydrogen-bond donors (Lipinski definition) is 1. The summed E-state index contributed by atoms with van der Waals surface area (Å²) in [7, 11) is 1.03. The zero-order valence-corrected chi connectivity index (χ0v) is 19.8. The molecule has 0 unspecified atom stereocenters. The molecule has 0 aliphatic heterocycles. The molecule has 2 heterocycles. The van der Waals surface area contributed by atoms with Gasteiger partial charge in [0, 0.05) is 6.20 Å². The van der Waals surface area contributed by atoms with Gasteiger partial charge in [-0.25, -0.2) is 9.59 Å². The van der Waals surface area contributed by atoms with Crippen LogP contribution < -0.4 is 44.3 Å². The molecule has 0 aromatic carbocycles. The number of methoxy groups -OCH3 is 3. The molecule has 0 saturated carbocycles. The number of anilines is 1. The van der Waals surface area contributed by atoms with E-state index in [1.54, 1.807) is 0 Å². The maximum Gasteiger partial charge on any atom is 1.00 e. The molecule has 32 heavy (non-hydrogen) atoms. The summed E-state index contributed by atoms with van der Waals surface area (Å²) in [5.74, 6) is -0.600. The second kappa shape index (κ2) is 13.6. The number of carbonyl (C=O) groups excluding carboxylic acids is 2. The van der Waals surface area contributed by atoms with Gasteiger partial charge in [0.05, 0.1) is 33.0 Å². The molecular weight excluding hydrogens is 474 g/mol. The fraction of sp³-hybridized carbons (Fsp3) is 0.267. The van der Waals surface area contributed by atoms with Crippen LogP contribution >= 0.6 is 0 Å². The van der Waals surface area contributed by atoms with Gasteiger partial charge in [-0.1, -0.05) is 4.36 Å². The van der Waals surface area contributed by atoms with Crippen molar-refractivity contribution in [3.05, 3.63) is 35.7 Å². The Morgan fingerprint density at radius 1 is 1.09 bits per heavy atom. The number of aromatic nitrogens is 3. The fourth-order valence-corrected chi connectivity index (χ4v) is 1.84. The van der Waals surface area contributed by atoms with Gasteiger partial charge in [-0.3, -0.25) is 10.3 Å². The van der Waals surface area contributed by atoms with Crippen LogP contribution in [-0.4, -0.2) is 56.7 Å². The molecule has 0 atom stereocenters. The summed E-state index contributed by atoms with van der Waals surface area (Å²) in [5, 5.41) is 2.04. The molecule has 1 N–H and O–H groups in total. The molecule has 0 spiro atoms. The van der Waals surface area contributed by atoms with E-state index in [2.05, 4.69) is 24.1 Å². The predicted octanol–water partition coefficient (Wildman–Crippen LogP) is -0.908. The summed E-state index contributed by atoms with van der Waals surface area (Å²) >= 11 is 0. The Morgan fingerprint density at radius 3 is 2.03 bits per heavy atom. The molecular formula is C15H15F3N5NaO7S. The minimum atomic E-state index is -4.49. The number of urea groups is 1. The van der Waals surface area contributed by atoms with E-state index < -0.39 is 34.4 Å². The van der Waals surface area contributed by atoms with Crippen LogP contribution in [0.25, 0.3) is 0 Å². The van der Waals surface area contributed by atoms with Crippen LogP contribution in [0.15, 0.2) is 28.8 Å². The van der Waals surface area contributed by atoms with Gasteiger partial charge >= 0.3 is 58.2 Å². The number of pyridine rings is 1. The summed E-state index contributed by atoms with van der Waals surface area (Å²) in [4.78, 5) is 32.4. The van der Waals surface area contributed by atoms with Gasteiger partial charge in [-0.15, -0.1) is 0 Å². The van der Waals surface area contributed by atoms with Crippen molar-refractivity contribution in [2.75, 3.05) is 26.6 Å². The number of amides is 2. The normalized spacial score (nSPS) is 9.81. The number of esters is 1. The number of hydrogen-bond acceptors (Lipinski definition) is 10. The number of nitrogens with one attached hydrogen (secondary N) is 1. The quantitative estimate of drug-likeness (QED) is 0.421. The molecule has 0 radical (unpaired) electrons. The van der Waals surface area contributed by atoms with Crippen LogP contribution in [0.1, 0.15) is 17.5 Å². The first kappa shape index (κ1) is 29.2. The van der Waals surface area contributed by atoms with E-state index in [-0.39, 0.29) is 54.3 Å². The van der Waals surface area contributed by atoms with Gasteiger partial charge in [-0.2, -0.15) is 31.6 Å². The van der Waals surface area contributed by atoms with Crippen molar-refractivity contribution < 1.29 is 76.4 Å². The van der Waals surface area contributed by atoms with Gasteiger partial charge in [0.2, 0.25) is 17.7 Å². The Hall–Kier alpha value is -2.82. The van der Waals surface area contributed by atoms with Crippen molar-refractivity contribution in [2.45, 2.75) is 6.18 Å².